The fraction of sp³-hybridized carbons (Fsp3) is 0.643. The van der Waals surface area contributed by atoms with Crippen molar-refractivity contribution in [1.82, 2.24) is 19.6 Å². The Bertz CT molecular complexity index is 1690. The molecule has 2 aliphatic carbocycles. The second kappa shape index (κ2) is 17.4. The quantitative estimate of drug-likeness (QED) is 0.179. The predicted molar refractivity (Wildman–Crippen MR) is 209 cm³/mol. The number of nitrogens with one attached hydrogen (secondary N) is 1. The van der Waals surface area contributed by atoms with E-state index in [1.807, 2.05) is 29.2 Å². The number of nitrogen functional groups attached to an aromatic ring is 1. The molecule has 3 heterocycles. The number of halogens is 4. The van der Waals surface area contributed by atoms with Gasteiger partial charge in [-0.05, 0) is 99.5 Å². The molecule has 4 fully saturated rings. The number of urea groups is 1. The fourth-order valence-electron chi connectivity index (χ4n) is 9.59. The van der Waals surface area contributed by atoms with Gasteiger partial charge in [-0.25, -0.2) is 4.79 Å². The number of nitrogens with two attached hydrogens (primary N) is 1. The van der Waals surface area contributed by atoms with E-state index in [0.29, 0.717) is 44.4 Å². The molecule has 2 saturated carbocycles. The van der Waals surface area contributed by atoms with Gasteiger partial charge in [-0.2, -0.15) is 13.2 Å². The van der Waals surface area contributed by atoms with E-state index in [-0.39, 0.29) is 53.6 Å². The number of alkyl halides is 3. The number of carbonyl (C=O) groups excluding carboxylic acids is 3. The third kappa shape index (κ3) is 9.97. The average Bonchev–Trinajstić information content (AvgIpc) is 4.05. The summed E-state index contributed by atoms with van der Waals surface area (Å²) in [5.74, 6) is -0.671. The monoisotopic (exact) mass is 784 g/mol. The molecule has 9 nitrogen and oxygen atoms in total. The first-order valence-corrected chi connectivity index (χ1v) is 20.9. The van der Waals surface area contributed by atoms with Crippen LogP contribution in [0.2, 0.25) is 5.02 Å². The van der Waals surface area contributed by atoms with Crippen molar-refractivity contribution in [2.24, 2.45) is 11.8 Å². The molecule has 5 aliphatic rings. The third-order valence-electron chi connectivity index (χ3n) is 13.0. The number of fused-ring (bicyclic) bond motifs is 1. The fourth-order valence-corrected chi connectivity index (χ4v) is 9.83. The number of piperidine rings is 1. The Labute approximate surface area is 328 Å². The van der Waals surface area contributed by atoms with Gasteiger partial charge in [-0.3, -0.25) is 19.4 Å². The molecule has 2 saturated heterocycles. The maximum atomic E-state index is 14.0. The molecule has 7 rings (SSSR count). The Morgan fingerprint density at radius 3 is 2.22 bits per heavy atom. The molecule has 300 valence electrons. The lowest BCUT2D eigenvalue weighted by Gasteiger charge is -2.39. The first-order chi connectivity index (χ1) is 26.4. The number of para-hydroxylation sites is 1. The van der Waals surface area contributed by atoms with E-state index in [0.717, 1.165) is 88.1 Å². The van der Waals surface area contributed by atoms with Gasteiger partial charge >= 0.3 is 12.2 Å². The highest BCUT2D eigenvalue weighted by Crippen LogP contribution is 2.39. The van der Waals surface area contributed by atoms with Crippen LogP contribution in [0.4, 0.5) is 29.3 Å². The van der Waals surface area contributed by atoms with Crippen molar-refractivity contribution in [2.75, 3.05) is 56.9 Å². The lowest BCUT2D eigenvalue weighted by Crippen LogP contribution is -2.50. The van der Waals surface area contributed by atoms with E-state index in [1.165, 1.54) is 25.3 Å². The van der Waals surface area contributed by atoms with Gasteiger partial charge in [0.15, 0.2) is 0 Å². The Hall–Kier alpha value is -3.35. The molecule has 3 aliphatic heterocycles. The zero-order chi connectivity index (χ0) is 38.7. The molecule has 2 aromatic carbocycles. The largest absolute Gasteiger partial charge is 0.418 e. The van der Waals surface area contributed by atoms with E-state index in [1.54, 1.807) is 4.90 Å². The number of carbonyl (C=O) groups is 3. The van der Waals surface area contributed by atoms with Crippen LogP contribution < -0.4 is 11.1 Å². The normalized spacial score (nSPS) is 24.1. The highest BCUT2D eigenvalue weighted by molar-refractivity contribution is 6.33. The summed E-state index contributed by atoms with van der Waals surface area (Å²) in [5, 5.41) is 2.81. The smallest absolute Gasteiger partial charge is 0.397 e. The lowest BCUT2D eigenvalue weighted by atomic mass is 9.85. The molecule has 0 radical (unpaired) electrons. The molecule has 3 atom stereocenters. The Kier molecular flexibility index (Phi) is 12.6. The van der Waals surface area contributed by atoms with E-state index >= 15 is 0 Å². The topological polar surface area (TPSA) is 102 Å². The number of hydrogen-bond donors (Lipinski definition) is 2. The Balaban J connectivity index is 0.964. The van der Waals surface area contributed by atoms with E-state index in [4.69, 9.17) is 17.3 Å². The van der Waals surface area contributed by atoms with Crippen molar-refractivity contribution < 1.29 is 27.6 Å². The van der Waals surface area contributed by atoms with Gasteiger partial charge in [0.1, 0.15) is 5.78 Å². The summed E-state index contributed by atoms with van der Waals surface area (Å²) < 4.78 is 41.7. The first kappa shape index (κ1) is 39.9. The van der Waals surface area contributed by atoms with Crippen molar-refractivity contribution >= 4 is 40.7 Å². The summed E-state index contributed by atoms with van der Waals surface area (Å²) in [7, 11) is 0. The summed E-state index contributed by atoms with van der Waals surface area (Å²) in [4.78, 5) is 49.9. The van der Waals surface area contributed by atoms with Crippen LogP contribution in [-0.2, 0) is 28.6 Å². The van der Waals surface area contributed by atoms with Crippen molar-refractivity contribution in [3.63, 3.8) is 0 Å². The molecule has 55 heavy (non-hydrogen) atoms. The number of hydrogen-bond acceptors (Lipinski definition) is 6. The van der Waals surface area contributed by atoms with Gasteiger partial charge in [-0.1, -0.05) is 42.6 Å². The van der Waals surface area contributed by atoms with E-state index < -0.39 is 23.3 Å². The van der Waals surface area contributed by atoms with Crippen LogP contribution >= 0.6 is 11.6 Å². The van der Waals surface area contributed by atoms with E-state index in [9.17, 15) is 27.6 Å². The van der Waals surface area contributed by atoms with Gasteiger partial charge in [0, 0.05) is 88.4 Å². The van der Waals surface area contributed by atoms with Gasteiger partial charge < -0.3 is 20.9 Å². The molecule has 2 aromatic rings. The second-order valence-corrected chi connectivity index (χ2v) is 17.0. The van der Waals surface area contributed by atoms with Crippen molar-refractivity contribution in [3.05, 3.63) is 58.1 Å². The summed E-state index contributed by atoms with van der Waals surface area (Å²) in [6.07, 6.45) is 6.36. The van der Waals surface area contributed by atoms with Gasteiger partial charge in [0.2, 0.25) is 5.91 Å². The summed E-state index contributed by atoms with van der Waals surface area (Å²) >= 11 is 6.19. The molecule has 0 aromatic heterocycles. The maximum absolute atomic E-state index is 14.0. The van der Waals surface area contributed by atoms with Crippen molar-refractivity contribution in [2.45, 2.75) is 114 Å². The average molecular weight is 785 g/mol. The highest BCUT2D eigenvalue weighted by Gasteiger charge is 2.37. The lowest BCUT2D eigenvalue weighted by molar-refractivity contribution is -0.137. The molecular weight excluding hydrogens is 729 g/mol. The Morgan fingerprint density at radius 1 is 0.855 bits per heavy atom. The molecule has 0 spiro atoms. The minimum absolute atomic E-state index is 0.0278. The van der Waals surface area contributed by atoms with Crippen LogP contribution in [0.3, 0.4) is 0 Å². The summed E-state index contributed by atoms with van der Waals surface area (Å²) in [6.45, 7) is 6.03. The molecule has 3 N–H and O–H groups in total. The van der Waals surface area contributed by atoms with Crippen molar-refractivity contribution in [1.29, 1.82) is 0 Å². The minimum Gasteiger partial charge on any atom is -0.397 e. The first-order valence-electron chi connectivity index (χ1n) is 20.5. The second-order valence-electron chi connectivity index (χ2n) is 16.6. The number of anilines is 2. The van der Waals surface area contributed by atoms with Crippen LogP contribution in [0, 0.1) is 11.8 Å². The van der Waals surface area contributed by atoms with Crippen LogP contribution in [0.1, 0.15) is 93.7 Å². The number of piperazine rings is 1. The zero-order valence-corrected chi connectivity index (χ0v) is 32.6. The molecule has 3 amide bonds. The van der Waals surface area contributed by atoms with Crippen LogP contribution in [0.15, 0.2) is 36.4 Å². The Morgan fingerprint density at radius 2 is 1.53 bits per heavy atom. The summed E-state index contributed by atoms with van der Waals surface area (Å²) in [5.41, 5.74) is 6.30. The SMILES string of the molecule is Nc1c(Cl)cc(C[C@@H](CC(=O)N2CCC(N3CCc4ccccc4NC3=O)CC2)C(=O)CCC2CCCC(N3CCN(C4CC4)CC3)CC2)cc1C(F)(F)F. The predicted octanol–water partition coefficient (Wildman–Crippen LogP) is 7.65. The molecule has 0 bridgehead atoms. The van der Waals surface area contributed by atoms with Crippen LogP contribution in [0.25, 0.3) is 0 Å². The molecule has 13 heteroatoms. The minimum atomic E-state index is -4.71. The number of Topliss-reactive ketones (excluding diaryl/α,β-unsaturated/α-hetero) is 1. The van der Waals surface area contributed by atoms with Crippen LogP contribution in [-0.4, -0.2) is 101 Å². The van der Waals surface area contributed by atoms with E-state index in [2.05, 4.69) is 15.1 Å². The standard InChI is InChI=1S/C42H56ClF3N6O3/c43-36-26-29(25-35(40(36)47)42(44,45)46)24-31(38(53)13-9-28-4-3-6-32(10-8-28)49-20-22-50(23-21-49)33-11-12-33)27-39(54)51-17-15-34(16-18-51)52-19-14-30-5-1-2-7-37(30)48-41(52)55/h1-2,5,7,25-26,28,31-34H,3-4,6,8-24,27,47H2,(H,48,55)/t28?,31-,32?/m0/s1. The highest BCUT2D eigenvalue weighted by atomic mass is 35.5. The number of benzene rings is 2. The molecular formula is C42H56ClF3N6O3. The van der Waals surface area contributed by atoms with Gasteiger partial charge in [0.25, 0.3) is 0 Å². The van der Waals surface area contributed by atoms with Gasteiger partial charge in [-0.15, -0.1) is 0 Å². The maximum Gasteiger partial charge on any atom is 0.418 e. The number of likely N-dealkylation sites (tertiary alicyclic amines) is 1. The molecule has 2 unspecified atom stereocenters. The number of rotatable bonds is 11. The third-order valence-corrected chi connectivity index (χ3v) is 13.4. The summed E-state index contributed by atoms with van der Waals surface area (Å²) in [6, 6.07) is 11.4. The number of ketones is 1. The van der Waals surface area contributed by atoms with Crippen molar-refractivity contribution in [3.8, 4) is 0 Å². The number of nitrogens with zero attached hydrogens (tertiary/aromatic N) is 4. The number of amides is 3. The van der Waals surface area contributed by atoms with Gasteiger partial charge in [0.05, 0.1) is 16.3 Å². The van der Waals surface area contributed by atoms with Crippen LogP contribution in [0.5, 0.6) is 0 Å². The zero-order valence-electron chi connectivity index (χ0n) is 31.8.